The summed E-state index contributed by atoms with van der Waals surface area (Å²) < 4.78 is 0. The Hall–Kier alpha value is 0.500. The van der Waals surface area contributed by atoms with E-state index in [0.29, 0.717) is 0 Å². The molecule has 0 radical (unpaired) electrons. The van der Waals surface area contributed by atoms with Crippen LogP contribution in [0.2, 0.25) is 10.0 Å². The fourth-order valence-corrected chi connectivity index (χ4v) is 3.44. The summed E-state index contributed by atoms with van der Waals surface area (Å²) in [4.78, 5) is 1.08. The molecule has 16 heavy (non-hydrogen) atoms. The zero-order valence-electron chi connectivity index (χ0n) is 9.25. The molecule has 0 nitrogen and oxygen atoms in total. The normalized spacial score (nSPS) is 12.8. The second kappa shape index (κ2) is 7.75. The second-order valence-corrected chi connectivity index (χ2v) is 6.26. The number of hydrogen-bond donors (Lipinski definition) is 1. The smallest absolute Gasteiger partial charge is 0.0542 e. The van der Waals surface area contributed by atoms with Crippen molar-refractivity contribution in [3.63, 3.8) is 0 Å². The maximum absolute atomic E-state index is 6.08. The first-order chi connectivity index (χ1) is 7.63. The molecular formula is C12H16Cl2S2. The molecule has 90 valence electrons. The van der Waals surface area contributed by atoms with Crippen LogP contribution in [0.1, 0.15) is 19.8 Å². The average Bonchev–Trinajstić information content (AvgIpc) is 2.23. The van der Waals surface area contributed by atoms with Crippen LogP contribution < -0.4 is 0 Å². The molecule has 1 rings (SSSR count). The molecule has 0 bridgehead atoms. The molecule has 1 aromatic rings. The number of benzene rings is 1. The largest absolute Gasteiger partial charge is 0.179 e. The minimum atomic E-state index is 0.725. The Balaban J connectivity index is 2.39. The lowest BCUT2D eigenvalue weighted by Gasteiger charge is -2.09. The van der Waals surface area contributed by atoms with Crippen LogP contribution in [-0.2, 0) is 0 Å². The van der Waals surface area contributed by atoms with Crippen LogP contribution in [0.5, 0.6) is 0 Å². The van der Waals surface area contributed by atoms with Crippen LogP contribution in [0.25, 0.3) is 0 Å². The topological polar surface area (TPSA) is 0 Å². The zero-order valence-corrected chi connectivity index (χ0v) is 12.5. The van der Waals surface area contributed by atoms with E-state index in [9.17, 15) is 0 Å². The van der Waals surface area contributed by atoms with Crippen molar-refractivity contribution in [2.24, 2.45) is 5.92 Å². The Morgan fingerprint density at radius 3 is 2.75 bits per heavy atom. The highest BCUT2D eigenvalue weighted by Crippen LogP contribution is 2.31. The molecule has 0 amide bonds. The van der Waals surface area contributed by atoms with Crippen molar-refractivity contribution >= 4 is 47.6 Å². The molecule has 0 N–H and O–H groups in total. The Kier molecular flexibility index (Phi) is 7.06. The Bertz CT molecular complexity index is 329. The molecule has 0 aromatic heterocycles. The fourth-order valence-electron chi connectivity index (χ4n) is 1.32. The molecule has 0 heterocycles. The van der Waals surface area contributed by atoms with Crippen molar-refractivity contribution in [1.29, 1.82) is 0 Å². The molecule has 0 aliphatic heterocycles. The molecule has 4 heteroatoms. The van der Waals surface area contributed by atoms with Gasteiger partial charge >= 0.3 is 0 Å². The molecule has 0 saturated carbocycles. The van der Waals surface area contributed by atoms with Crippen LogP contribution >= 0.6 is 47.6 Å². The summed E-state index contributed by atoms with van der Waals surface area (Å²) in [6.45, 7) is 2.26. The zero-order chi connectivity index (χ0) is 12.0. The first-order valence-corrected chi connectivity index (χ1v) is 7.69. The van der Waals surface area contributed by atoms with Gasteiger partial charge in [0.25, 0.3) is 0 Å². The van der Waals surface area contributed by atoms with E-state index in [1.807, 2.05) is 18.2 Å². The third kappa shape index (κ3) is 5.22. The third-order valence-corrected chi connectivity index (χ3v) is 4.41. The van der Waals surface area contributed by atoms with Gasteiger partial charge in [0.1, 0.15) is 0 Å². The maximum Gasteiger partial charge on any atom is 0.0542 e. The number of thiol groups is 1. The summed E-state index contributed by atoms with van der Waals surface area (Å²) in [6.07, 6.45) is 2.36. The van der Waals surface area contributed by atoms with Crippen molar-refractivity contribution in [2.45, 2.75) is 24.7 Å². The summed E-state index contributed by atoms with van der Waals surface area (Å²) in [5.41, 5.74) is 0. The lowest BCUT2D eigenvalue weighted by molar-refractivity contribution is 0.554. The van der Waals surface area contributed by atoms with Crippen LogP contribution in [0.15, 0.2) is 23.1 Å². The second-order valence-electron chi connectivity index (χ2n) is 3.83. The molecule has 0 aliphatic rings. The third-order valence-electron chi connectivity index (χ3n) is 2.38. The summed E-state index contributed by atoms with van der Waals surface area (Å²) in [7, 11) is 0. The van der Waals surface area contributed by atoms with Gasteiger partial charge < -0.3 is 0 Å². The quantitative estimate of drug-likeness (QED) is 0.539. The molecule has 0 aliphatic carbocycles. The number of hydrogen-bond acceptors (Lipinski definition) is 2. The summed E-state index contributed by atoms with van der Waals surface area (Å²) in [6, 6.07) is 5.60. The summed E-state index contributed by atoms with van der Waals surface area (Å²) in [5, 5.41) is 1.53. The fraction of sp³-hybridized carbons (Fsp3) is 0.500. The van der Waals surface area contributed by atoms with E-state index < -0.39 is 0 Å². The monoisotopic (exact) mass is 294 g/mol. The van der Waals surface area contributed by atoms with Gasteiger partial charge in [0, 0.05) is 9.92 Å². The molecule has 1 aromatic carbocycles. The molecule has 0 fully saturated rings. The van der Waals surface area contributed by atoms with Gasteiger partial charge in [-0.3, -0.25) is 0 Å². The highest BCUT2D eigenvalue weighted by molar-refractivity contribution is 7.99. The SMILES string of the molecule is CC(CCS)CCSc1cc(Cl)ccc1Cl. The first-order valence-electron chi connectivity index (χ1n) is 5.32. The number of rotatable bonds is 6. The number of halogens is 2. The minimum absolute atomic E-state index is 0.725. The summed E-state index contributed by atoms with van der Waals surface area (Å²) >= 11 is 18.0. The van der Waals surface area contributed by atoms with E-state index in [4.69, 9.17) is 23.2 Å². The molecule has 0 saturated heterocycles. The molecule has 1 atom stereocenters. The lowest BCUT2D eigenvalue weighted by atomic mass is 10.1. The van der Waals surface area contributed by atoms with Crippen molar-refractivity contribution < 1.29 is 0 Å². The van der Waals surface area contributed by atoms with Crippen LogP contribution in [0.4, 0.5) is 0 Å². The standard InChI is InChI=1S/C12H16Cl2S2/c1-9(4-6-15)5-7-16-12-8-10(13)2-3-11(12)14/h2-3,8-9,15H,4-7H2,1H3. The van der Waals surface area contributed by atoms with Gasteiger partial charge in [0.05, 0.1) is 5.02 Å². The van der Waals surface area contributed by atoms with Crippen molar-refractivity contribution in [3.05, 3.63) is 28.2 Å². The van der Waals surface area contributed by atoms with E-state index in [2.05, 4.69) is 19.6 Å². The van der Waals surface area contributed by atoms with Gasteiger partial charge in [-0.2, -0.15) is 12.6 Å². The van der Waals surface area contributed by atoms with Crippen molar-refractivity contribution in [1.82, 2.24) is 0 Å². The molecule has 1 unspecified atom stereocenters. The minimum Gasteiger partial charge on any atom is -0.179 e. The lowest BCUT2D eigenvalue weighted by Crippen LogP contribution is -1.97. The van der Waals surface area contributed by atoms with Crippen LogP contribution in [-0.4, -0.2) is 11.5 Å². The predicted molar refractivity (Wildman–Crippen MR) is 79.4 cm³/mol. The van der Waals surface area contributed by atoms with E-state index in [-0.39, 0.29) is 0 Å². The van der Waals surface area contributed by atoms with Crippen LogP contribution in [0.3, 0.4) is 0 Å². The number of thioether (sulfide) groups is 1. The van der Waals surface area contributed by atoms with Gasteiger partial charge in [-0.15, -0.1) is 11.8 Å². The predicted octanol–water partition coefficient (Wildman–Crippen LogP) is 5.43. The van der Waals surface area contributed by atoms with Gasteiger partial charge in [-0.25, -0.2) is 0 Å². The Morgan fingerprint density at radius 1 is 1.31 bits per heavy atom. The van der Waals surface area contributed by atoms with Crippen molar-refractivity contribution in [3.8, 4) is 0 Å². The van der Waals surface area contributed by atoms with E-state index in [1.54, 1.807) is 11.8 Å². The van der Waals surface area contributed by atoms with Gasteiger partial charge in [-0.1, -0.05) is 30.1 Å². The summed E-state index contributed by atoms with van der Waals surface area (Å²) in [5.74, 6) is 2.77. The van der Waals surface area contributed by atoms with Gasteiger partial charge in [0.2, 0.25) is 0 Å². The molecular weight excluding hydrogens is 279 g/mol. The Labute approximate surface area is 118 Å². The van der Waals surface area contributed by atoms with E-state index in [1.165, 1.54) is 12.8 Å². The van der Waals surface area contributed by atoms with Gasteiger partial charge in [0.15, 0.2) is 0 Å². The van der Waals surface area contributed by atoms with Crippen molar-refractivity contribution in [2.75, 3.05) is 11.5 Å². The van der Waals surface area contributed by atoms with Gasteiger partial charge in [-0.05, 0) is 48.5 Å². The van der Waals surface area contributed by atoms with Crippen LogP contribution in [0, 0.1) is 5.92 Å². The van der Waals surface area contributed by atoms with E-state index in [0.717, 1.165) is 32.4 Å². The highest BCUT2D eigenvalue weighted by atomic mass is 35.5. The van der Waals surface area contributed by atoms with E-state index >= 15 is 0 Å². The first kappa shape index (κ1) is 14.6. The Morgan fingerprint density at radius 2 is 2.06 bits per heavy atom. The average molecular weight is 295 g/mol. The molecule has 0 spiro atoms. The maximum atomic E-state index is 6.08. The highest BCUT2D eigenvalue weighted by Gasteiger charge is 2.04.